The molecule has 1 N–H and O–H groups in total. The minimum Gasteiger partial charge on any atom is -0.321 e. The lowest BCUT2D eigenvalue weighted by atomic mass is 9.99. The molecule has 0 saturated carbocycles. The van der Waals surface area contributed by atoms with Crippen LogP contribution in [0.4, 0.5) is 5.69 Å². The monoisotopic (exact) mass is 351 g/mol. The van der Waals surface area contributed by atoms with Crippen molar-refractivity contribution in [1.82, 2.24) is 4.98 Å². The van der Waals surface area contributed by atoms with E-state index in [1.54, 1.807) is 36.4 Å². The molecule has 0 atom stereocenters. The van der Waals surface area contributed by atoms with E-state index in [4.69, 9.17) is 11.6 Å². The summed E-state index contributed by atoms with van der Waals surface area (Å²) >= 11 is 5.87. The highest BCUT2D eigenvalue weighted by molar-refractivity contribution is 6.30. The van der Waals surface area contributed by atoms with Gasteiger partial charge in [0.05, 0.1) is 4.92 Å². The van der Waals surface area contributed by atoms with Crippen molar-refractivity contribution in [2.24, 2.45) is 0 Å². The summed E-state index contributed by atoms with van der Waals surface area (Å²) in [4.78, 5) is 25.4. The minimum absolute atomic E-state index is 0.0989. The van der Waals surface area contributed by atoms with Crippen LogP contribution < -0.4 is 5.56 Å². The Morgan fingerprint density at radius 1 is 1.08 bits per heavy atom. The van der Waals surface area contributed by atoms with Gasteiger partial charge in [0, 0.05) is 28.4 Å². The first-order valence-corrected chi connectivity index (χ1v) is 7.55. The lowest BCUT2D eigenvalue weighted by Crippen LogP contribution is -2.12. The maximum absolute atomic E-state index is 12.3. The molecule has 0 fully saturated rings. The van der Waals surface area contributed by atoms with Gasteiger partial charge in [-0.25, -0.2) is 0 Å². The largest absolute Gasteiger partial charge is 0.321 e. The molecule has 1 heterocycles. The topological polar surface area (TPSA) is 99.8 Å². The fourth-order valence-electron chi connectivity index (χ4n) is 2.47. The SMILES string of the molecule is N#Cc1c(-c2cccc([N+](=O)[O-])c2)cc(-c2ccc(Cl)cc2)[nH]c1=O. The predicted octanol–water partition coefficient (Wildman–Crippen LogP) is 4.14. The fraction of sp³-hybridized carbons (Fsp3) is 0. The molecule has 0 aliphatic heterocycles. The summed E-state index contributed by atoms with van der Waals surface area (Å²) in [5.74, 6) is 0. The second-order valence-corrected chi connectivity index (χ2v) is 5.66. The average Bonchev–Trinajstić information content (AvgIpc) is 2.61. The molecule has 0 saturated heterocycles. The van der Waals surface area contributed by atoms with Gasteiger partial charge in [-0.2, -0.15) is 5.26 Å². The summed E-state index contributed by atoms with van der Waals surface area (Å²) in [7, 11) is 0. The molecule has 0 aliphatic rings. The van der Waals surface area contributed by atoms with Gasteiger partial charge < -0.3 is 4.98 Å². The minimum atomic E-state index is -0.559. The zero-order valence-corrected chi connectivity index (χ0v) is 13.4. The van der Waals surface area contributed by atoms with Crippen LogP contribution in [0, 0.1) is 21.4 Å². The number of halogens is 1. The third kappa shape index (κ3) is 3.27. The summed E-state index contributed by atoms with van der Waals surface area (Å²) in [6.45, 7) is 0. The van der Waals surface area contributed by atoms with Crippen molar-refractivity contribution in [2.45, 2.75) is 0 Å². The van der Waals surface area contributed by atoms with Gasteiger partial charge in [-0.3, -0.25) is 14.9 Å². The van der Waals surface area contributed by atoms with E-state index in [0.717, 1.165) is 0 Å². The molecule has 0 aliphatic carbocycles. The molecule has 0 spiro atoms. The van der Waals surface area contributed by atoms with E-state index < -0.39 is 10.5 Å². The number of pyridine rings is 1. The van der Waals surface area contributed by atoms with Crippen molar-refractivity contribution in [3.63, 3.8) is 0 Å². The van der Waals surface area contributed by atoms with Gasteiger partial charge >= 0.3 is 0 Å². The maximum Gasteiger partial charge on any atom is 0.270 e. The van der Waals surface area contributed by atoms with Crippen molar-refractivity contribution in [1.29, 1.82) is 5.26 Å². The van der Waals surface area contributed by atoms with Gasteiger partial charge in [-0.15, -0.1) is 0 Å². The highest BCUT2D eigenvalue weighted by atomic mass is 35.5. The van der Waals surface area contributed by atoms with E-state index in [0.29, 0.717) is 27.4 Å². The third-order valence-corrected chi connectivity index (χ3v) is 3.92. The molecule has 1 aromatic heterocycles. The first-order chi connectivity index (χ1) is 12.0. The van der Waals surface area contributed by atoms with Gasteiger partial charge in [0.25, 0.3) is 11.2 Å². The number of non-ortho nitro benzene ring substituents is 1. The third-order valence-electron chi connectivity index (χ3n) is 3.67. The van der Waals surface area contributed by atoms with E-state index in [1.165, 1.54) is 18.2 Å². The predicted molar refractivity (Wildman–Crippen MR) is 94.3 cm³/mol. The van der Waals surface area contributed by atoms with Crippen molar-refractivity contribution < 1.29 is 4.92 Å². The molecule has 0 radical (unpaired) electrons. The molecule has 2 aromatic carbocycles. The molecular weight excluding hydrogens is 342 g/mol. The second-order valence-electron chi connectivity index (χ2n) is 5.23. The van der Waals surface area contributed by atoms with Gasteiger partial charge in [-0.05, 0) is 29.3 Å². The van der Waals surface area contributed by atoms with Crippen molar-refractivity contribution in [3.8, 4) is 28.5 Å². The normalized spacial score (nSPS) is 10.2. The van der Waals surface area contributed by atoms with E-state index in [-0.39, 0.29) is 11.3 Å². The molecule has 3 rings (SSSR count). The summed E-state index contributed by atoms with van der Waals surface area (Å²) < 4.78 is 0. The molecule has 6 nitrogen and oxygen atoms in total. The van der Waals surface area contributed by atoms with E-state index in [1.807, 2.05) is 6.07 Å². The number of nitrogens with one attached hydrogen (secondary N) is 1. The number of nitriles is 1. The highest BCUT2D eigenvalue weighted by Gasteiger charge is 2.15. The summed E-state index contributed by atoms with van der Waals surface area (Å²) in [6, 6.07) is 16.1. The number of nitro benzene ring substituents is 1. The number of rotatable bonds is 3. The Kier molecular flexibility index (Phi) is 4.33. The van der Waals surface area contributed by atoms with Crippen LogP contribution in [0.5, 0.6) is 0 Å². The Hall–Kier alpha value is -3.43. The zero-order valence-electron chi connectivity index (χ0n) is 12.7. The Bertz CT molecular complexity index is 1070. The summed E-state index contributed by atoms with van der Waals surface area (Å²) in [6.07, 6.45) is 0. The van der Waals surface area contributed by atoms with Crippen molar-refractivity contribution in [3.05, 3.63) is 85.7 Å². The van der Waals surface area contributed by atoms with Crippen LogP contribution >= 0.6 is 11.6 Å². The number of aromatic amines is 1. The number of aromatic nitrogens is 1. The van der Waals surface area contributed by atoms with Crippen LogP contribution in [0.25, 0.3) is 22.4 Å². The van der Waals surface area contributed by atoms with E-state index in [2.05, 4.69) is 4.98 Å². The molecule has 7 heteroatoms. The van der Waals surface area contributed by atoms with Crippen LogP contribution in [-0.4, -0.2) is 9.91 Å². The molecule has 0 unspecified atom stereocenters. The Balaban J connectivity index is 2.23. The average molecular weight is 352 g/mol. The molecule has 3 aromatic rings. The fourth-order valence-corrected chi connectivity index (χ4v) is 2.60. The number of hydrogen-bond acceptors (Lipinski definition) is 4. The van der Waals surface area contributed by atoms with Crippen LogP contribution in [0.2, 0.25) is 5.02 Å². The quantitative estimate of drug-likeness (QED) is 0.566. The van der Waals surface area contributed by atoms with Gasteiger partial charge in [0.15, 0.2) is 0 Å². The number of benzene rings is 2. The van der Waals surface area contributed by atoms with Crippen molar-refractivity contribution >= 4 is 17.3 Å². The van der Waals surface area contributed by atoms with E-state index in [9.17, 15) is 20.2 Å². The number of nitro groups is 1. The first-order valence-electron chi connectivity index (χ1n) is 7.18. The van der Waals surface area contributed by atoms with Crippen LogP contribution in [0.15, 0.2) is 59.4 Å². The molecule has 25 heavy (non-hydrogen) atoms. The van der Waals surface area contributed by atoms with E-state index >= 15 is 0 Å². The van der Waals surface area contributed by atoms with Crippen LogP contribution in [0.3, 0.4) is 0 Å². The number of nitrogens with zero attached hydrogens (tertiary/aromatic N) is 2. The first kappa shape index (κ1) is 16.4. The Labute approximate surface area is 147 Å². The van der Waals surface area contributed by atoms with Gasteiger partial charge in [0.1, 0.15) is 11.6 Å². The Morgan fingerprint density at radius 3 is 2.44 bits per heavy atom. The van der Waals surface area contributed by atoms with Crippen molar-refractivity contribution in [2.75, 3.05) is 0 Å². The second kappa shape index (κ2) is 6.59. The maximum atomic E-state index is 12.3. The van der Waals surface area contributed by atoms with Crippen LogP contribution in [-0.2, 0) is 0 Å². The number of hydrogen-bond donors (Lipinski definition) is 1. The number of H-pyrrole nitrogens is 1. The van der Waals surface area contributed by atoms with Gasteiger partial charge in [-0.1, -0.05) is 35.9 Å². The highest BCUT2D eigenvalue weighted by Crippen LogP contribution is 2.28. The lowest BCUT2D eigenvalue weighted by molar-refractivity contribution is -0.384. The summed E-state index contributed by atoms with van der Waals surface area (Å²) in [5, 5.41) is 20.9. The van der Waals surface area contributed by atoms with Crippen LogP contribution in [0.1, 0.15) is 5.56 Å². The standard InChI is InChI=1S/C18H10ClN3O3/c19-13-6-4-11(5-7-13)17-9-15(16(10-20)18(23)21-17)12-2-1-3-14(8-12)22(24)25/h1-9H,(H,21,23). The lowest BCUT2D eigenvalue weighted by Gasteiger charge is -2.08. The Morgan fingerprint density at radius 2 is 1.80 bits per heavy atom. The molecule has 0 amide bonds. The molecule has 0 bridgehead atoms. The smallest absolute Gasteiger partial charge is 0.270 e. The zero-order chi connectivity index (χ0) is 18.0. The van der Waals surface area contributed by atoms with Gasteiger partial charge in [0.2, 0.25) is 0 Å². The molecular formula is C18H10ClN3O3. The molecule has 122 valence electrons. The summed E-state index contributed by atoms with van der Waals surface area (Å²) in [5.41, 5.74) is 1.18.